The van der Waals surface area contributed by atoms with Gasteiger partial charge in [0.05, 0.1) is 37.6 Å². The number of methoxy groups -OCH3 is 2. The highest BCUT2D eigenvalue weighted by Gasteiger charge is 2.22. The second kappa shape index (κ2) is 10.3. The van der Waals surface area contributed by atoms with Crippen LogP contribution in [0.4, 0.5) is 11.5 Å². The summed E-state index contributed by atoms with van der Waals surface area (Å²) in [5, 5.41) is 3.45. The van der Waals surface area contributed by atoms with Crippen LogP contribution in [0.1, 0.15) is 41.1 Å². The summed E-state index contributed by atoms with van der Waals surface area (Å²) < 4.78 is 19.8. The van der Waals surface area contributed by atoms with E-state index in [1.165, 1.54) is 14.0 Å². The molecule has 194 valence electrons. The minimum absolute atomic E-state index is 0.0742. The van der Waals surface area contributed by atoms with Gasteiger partial charge in [-0.3, -0.25) is 9.20 Å². The van der Waals surface area contributed by atoms with Crippen LogP contribution < -0.4 is 14.8 Å². The predicted molar refractivity (Wildman–Crippen MR) is 145 cm³/mol. The van der Waals surface area contributed by atoms with E-state index < -0.39 is 5.97 Å². The highest BCUT2D eigenvalue weighted by molar-refractivity contribution is 6.00. The van der Waals surface area contributed by atoms with Crippen LogP contribution in [0.2, 0.25) is 0 Å². The van der Waals surface area contributed by atoms with Gasteiger partial charge in [0.2, 0.25) is 0 Å². The smallest absolute Gasteiger partial charge is 0.339 e. The topological polar surface area (TPSA) is 95.6 Å². The maximum atomic E-state index is 12.6. The van der Waals surface area contributed by atoms with Gasteiger partial charge in [0.15, 0.2) is 5.78 Å². The highest BCUT2D eigenvalue weighted by atomic mass is 16.5. The Bertz CT molecular complexity index is 1650. The van der Waals surface area contributed by atoms with Crippen molar-refractivity contribution in [2.75, 3.05) is 26.1 Å². The molecule has 9 heteroatoms. The van der Waals surface area contributed by atoms with Gasteiger partial charge in [-0.15, -0.1) is 0 Å². The van der Waals surface area contributed by atoms with Gasteiger partial charge in [0, 0.05) is 36.6 Å². The quantitative estimate of drug-likeness (QED) is 0.197. The number of anilines is 2. The minimum atomic E-state index is -0.455. The Labute approximate surface area is 219 Å². The Morgan fingerprint density at radius 3 is 2.45 bits per heavy atom. The molecule has 0 saturated carbocycles. The van der Waals surface area contributed by atoms with Crippen LogP contribution in [-0.2, 0) is 4.74 Å². The number of rotatable bonds is 9. The first-order valence-electron chi connectivity index (χ1n) is 12.2. The van der Waals surface area contributed by atoms with E-state index in [2.05, 4.69) is 5.32 Å². The third-order valence-electron chi connectivity index (χ3n) is 6.22. The van der Waals surface area contributed by atoms with Crippen LogP contribution in [0.25, 0.3) is 22.4 Å². The number of carbonyl (C=O) groups excluding carboxylic acids is 2. The van der Waals surface area contributed by atoms with Crippen LogP contribution in [0.5, 0.6) is 11.5 Å². The van der Waals surface area contributed by atoms with E-state index in [-0.39, 0.29) is 5.78 Å². The van der Waals surface area contributed by atoms with Crippen LogP contribution in [0.3, 0.4) is 0 Å². The van der Waals surface area contributed by atoms with Crippen molar-refractivity contribution in [3.05, 3.63) is 78.2 Å². The number of nitrogens with one attached hydrogen (secondary N) is 1. The van der Waals surface area contributed by atoms with Gasteiger partial charge in [-0.2, -0.15) is 0 Å². The minimum Gasteiger partial charge on any atom is -0.497 e. The summed E-state index contributed by atoms with van der Waals surface area (Å²) in [5.41, 5.74) is 4.45. The summed E-state index contributed by atoms with van der Waals surface area (Å²) in [7, 11) is 2.96. The van der Waals surface area contributed by atoms with Crippen LogP contribution in [0.15, 0.2) is 67.0 Å². The van der Waals surface area contributed by atoms with Crippen molar-refractivity contribution >= 4 is 34.4 Å². The molecule has 1 aromatic carbocycles. The molecule has 5 rings (SSSR count). The average Bonchev–Trinajstić information content (AvgIpc) is 3.49. The molecular formula is C29H28N4O5. The van der Waals surface area contributed by atoms with E-state index in [4.69, 9.17) is 19.2 Å². The Balaban J connectivity index is 1.75. The largest absolute Gasteiger partial charge is 0.497 e. The molecule has 9 nitrogen and oxygen atoms in total. The lowest BCUT2D eigenvalue weighted by Gasteiger charge is -2.11. The molecule has 0 atom stereocenters. The molecule has 5 aromatic rings. The number of ether oxygens (including phenoxy) is 3. The lowest BCUT2D eigenvalue weighted by atomic mass is 10.1. The number of benzene rings is 1. The maximum absolute atomic E-state index is 12.6. The Hall–Kier alpha value is -4.79. The number of hydrogen-bond donors (Lipinski definition) is 1. The number of esters is 1. The van der Waals surface area contributed by atoms with Gasteiger partial charge in [-0.05, 0) is 55.0 Å². The molecule has 0 fully saturated rings. The molecule has 0 bridgehead atoms. The van der Waals surface area contributed by atoms with Crippen molar-refractivity contribution < 1.29 is 23.8 Å². The van der Waals surface area contributed by atoms with Gasteiger partial charge in [0.1, 0.15) is 28.7 Å². The third kappa shape index (κ3) is 4.54. The average molecular weight is 513 g/mol. The number of pyridine rings is 2. The second-order valence-corrected chi connectivity index (χ2v) is 8.77. The normalized spacial score (nSPS) is 11.1. The fraction of sp³-hybridized carbons (Fsp3) is 0.207. The monoisotopic (exact) mass is 512 g/mol. The number of imidazole rings is 1. The zero-order valence-electron chi connectivity index (χ0n) is 21.6. The standard InChI is InChI=1S/C29H28N4O5/c1-5-14-38-22-12-13-32-24(18(2)34)16-23(25(32)15-22)27-28(30-20-7-9-21(36-3)10-8-20)33-17-19(29(35)37-4)6-11-26(33)31-27/h6-13,15-17,30H,5,14H2,1-4H3. The highest BCUT2D eigenvalue weighted by Crippen LogP contribution is 2.37. The van der Waals surface area contributed by atoms with Gasteiger partial charge in [-0.1, -0.05) is 6.92 Å². The summed E-state index contributed by atoms with van der Waals surface area (Å²) in [4.78, 5) is 29.8. The summed E-state index contributed by atoms with van der Waals surface area (Å²) in [6.45, 7) is 4.17. The fourth-order valence-electron chi connectivity index (χ4n) is 4.35. The van der Waals surface area contributed by atoms with Crippen molar-refractivity contribution in [3.8, 4) is 22.8 Å². The summed E-state index contributed by atoms with van der Waals surface area (Å²) >= 11 is 0. The van der Waals surface area contributed by atoms with E-state index >= 15 is 0 Å². The van der Waals surface area contributed by atoms with Crippen molar-refractivity contribution in [1.82, 2.24) is 13.8 Å². The van der Waals surface area contributed by atoms with Crippen molar-refractivity contribution in [2.45, 2.75) is 20.3 Å². The number of nitrogens with zero attached hydrogens (tertiary/aromatic N) is 3. The molecule has 0 radical (unpaired) electrons. The maximum Gasteiger partial charge on any atom is 0.339 e. The van der Waals surface area contributed by atoms with Gasteiger partial charge >= 0.3 is 5.97 Å². The number of carbonyl (C=O) groups is 2. The summed E-state index contributed by atoms with van der Waals surface area (Å²) in [5.74, 6) is 1.53. The predicted octanol–water partition coefficient (Wildman–Crippen LogP) is 5.78. The Kier molecular flexibility index (Phi) is 6.74. The van der Waals surface area contributed by atoms with E-state index in [1.807, 2.05) is 60.0 Å². The number of fused-ring (bicyclic) bond motifs is 2. The van der Waals surface area contributed by atoms with Gasteiger partial charge in [-0.25, -0.2) is 9.78 Å². The zero-order valence-corrected chi connectivity index (χ0v) is 21.6. The lowest BCUT2D eigenvalue weighted by molar-refractivity contribution is 0.0600. The van der Waals surface area contributed by atoms with E-state index in [0.717, 1.165) is 28.9 Å². The number of Topliss-reactive ketones (excluding diaryl/α,β-unsaturated/α-hetero) is 1. The molecule has 0 amide bonds. The molecule has 4 heterocycles. The van der Waals surface area contributed by atoms with Gasteiger partial charge < -0.3 is 23.9 Å². The Morgan fingerprint density at radius 2 is 1.76 bits per heavy atom. The van der Waals surface area contributed by atoms with Crippen LogP contribution in [-0.4, -0.2) is 46.4 Å². The first kappa shape index (κ1) is 24.9. The molecule has 0 saturated heterocycles. The summed E-state index contributed by atoms with van der Waals surface area (Å²) in [6, 6.07) is 16.5. The van der Waals surface area contributed by atoms with Crippen LogP contribution >= 0.6 is 0 Å². The molecule has 4 aromatic heterocycles. The molecule has 0 aliphatic carbocycles. The number of ketones is 1. The summed E-state index contributed by atoms with van der Waals surface area (Å²) in [6.07, 6.45) is 4.40. The van der Waals surface area contributed by atoms with Crippen LogP contribution in [0, 0.1) is 0 Å². The number of aromatic nitrogens is 3. The first-order chi connectivity index (χ1) is 18.4. The molecule has 0 aliphatic heterocycles. The second-order valence-electron chi connectivity index (χ2n) is 8.77. The van der Waals surface area contributed by atoms with E-state index in [0.29, 0.717) is 40.8 Å². The molecular weight excluding hydrogens is 484 g/mol. The SMILES string of the molecule is CCCOc1ccn2c(C(C)=O)cc(-c3nc4ccc(C(=O)OC)cn4c3Nc3ccc(OC)cc3)c2c1. The molecule has 0 aliphatic rings. The van der Waals surface area contributed by atoms with Crippen molar-refractivity contribution in [2.24, 2.45) is 0 Å². The van der Waals surface area contributed by atoms with E-state index in [9.17, 15) is 9.59 Å². The number of hydrogen-bond acceptors (Lipinski definition) is 7. The van der Waals surface area contributed by atoms with Crippen molar-refractivity contribution in [3.63, 3.8) is 0 Å². The Morgan fingerprint density at radius 1 is 0.974 bits per heavy atom. The van der Waals surface area contributed by atoms with E-state index in [1.54, 1.807) is 29.8 Å². The molecule has 38 heavy (non-hydrogen) atoms. The molecule has 0 spiro atoms. The third-order valence-corrected chi connectivity index (χ3v) is 6.22. The molecule has 1 N–H and O–H groups in total. The first-order valence-corrected chi connectivity index (χ1v) is 12.2. The van der Waals surface area contributed by atoms with Crippen molar-refractivity contribution in [1.29, 1.82) is 0 Å². The molecule has 0 unspecified atom stereocenters. The lowest BCUT2D eigenvalue weighted by Crippen LogP contribution is -2.04. The zero-order chi connectivity index (χ0) is 26.8. The van der Waals surface area contributed by atoms with Gasteiger partial charge in [0.25, 0.3) is 0 Å². The fourth-order valence-corrected chi connectivity index (χ4v) is 4.35.